The maximum atomic E-state index is 13.1. The lowest BCUT2D eigenvalue weighted by Crippen LogP contribution is -2.43. The van der Waals surface area contributed by atoms with Crippen molar-refractivity contribution in [2.45, 2.75) is 25.4 Å². The van der Waals surface area contributed by atoms with Crippen LogP contribution in [-0.4, -0.2) is 44.2 Å². The summed E-state index contributed by atoms with van der Waals surface area (Å²) in [5.74, 6) is 0.803. The van der Waals surface area contributed by atoms with E-state index in [0.717, 1.165) is 40.1 Å². The molecule has 0 fully saturated rings. The number of ether oxygens (including phenoxy) is 2. The van der Waals surface area contributed by atoms with Gasteiger partial charge >= 0.3 is 5.97 Å². The van der Waals surface area contributed by atoms with E-state index in [-0.39, 0.29) is 12.1 Å². The summed E-state index contributed by atoms with van der Waals surface area (Å²) in [6, 6.07) is 15.4. The number of hydrogen-bond acceptors (Lipinski definition) is 3. The lowest BCUT2D eigenvalue weighted by Gasteiger charge is -2.31. The highest BCUT2D eigenvalue weighted by Crippen LogP contribution is 2.44. The van der Waals surface area contributed by atoms with Crippen LogP contribution in [0.3, 0.4) is 0 Å². The molecule has 0 aliphatic carbocycles. The molecule has 2 aromatic carbocycles. The van der Waals surface area contributed by atoms with Crippen molar-refractivity contribution in [3.63, 3.8) is 0 Å². The molecule has 1 aliphatic heterocycles. The summed E-state index contributed by atoms with van der Waals surface area (Å²) in [7, 11) is 6.32. The number of carbonyl (C=O) groups excluding carboxylic acids is 1. The first kappa shape index (κ1) is 17.5. The Morgan fingerprint density at radius 1 is 1.04 bits per heavy atom. The molecule has 0 N–H and O–H groups in total. The first-order chi connectivity index (χ1) is 11.9. The number of carbonyl (C=O) groups is 1. The molecular weight excluding hydrogens is 314 g/mol. The van der Waals surface area contributed by atoms with E-state index < -0.39 is 5.92 Å². The van der Waals surface area contributed by atoms with Crippen LogP contribution < -0.4 is 4.74 Å². The number of benzene rings is 2. The minimum atomic E-state index is -0.442. The largest absolute Gasteiger partial charge is 0.457 e. The lowest BCUT2D eigenvalue weighted by atomic mass is 9.88. The van der Waals surface area contributed by atoms with E-state index in [1.807, 2.05) is 48.5 Å². The van der Waals surface area contributed by atoms with Gasteiger partial charge in [0, 0.05) is 11.1 Å². The van der Waals surface area contributed by atoms with Crippen LogP contribution in [0.15, 0.2) is 48.5 Å². The number of esters is 1. The highest BCUT2D eigenvalue weighted by atomic mass is 16.5. The number of fused-ring (bicyclic) bond motifs is 2. The van der Waals surface area contributed by atoms with Crippen LogP contribution in [0, 0.1) is 0 Å². The molecule has 1 heterocycles. The zero-order valence-corrected chi connectivity index (χ0v) is 15.4. The van der Waals surface area contributed by atoms with Crippen molar-refractivity contribution in [1.82, 2.24) is 0 Å². The molecule has 2 aromatic rings. The SMILES string of the molecule is CCC(C[N+](C)(C)C)OC(=O)C1c2ccccc2Oc2ccccc21. The fourth-order valence-electron chi connectivity index (χ4n) is 3.26. The van der Waals surface area contributed by atoms with Gasteiger partial charge in [-0.3, -0.25) is 4.79 Å². The average molecular weight is 340 g/mol. The summed E-state index contributed by atoms with van der Waals surface area (Å²) in [6.45, 7) is 2.84. The zero-order chi connectivity index (χ0) is 18.0. The van der Waals surface area contributed by atoms with Crippen molar-refractivity contribution in [3.8, 4) is 11.5 Å². The van der Waals surface area contributed by atoms with Crippen molar-refractivity contribution in [2.75, 3.05) is 27.7 Å². The molecule has 0 saturated heterocycles. The van der Waals surface area contributed by atoms with Crippen molar-refractivity contribution >= 4 is 5.97 Å². The van der Waals surface area contributed by atoms with E-state index in [4.69, 9.17) is 9.47 Å². The summed E-state index contributed by atoms with van der Waals surface area (Å²) < 4.78 is 12.6. The molecule has 1 atom stereocenters. The third kappa shape index (κ3) is 3.85. The first-order valence-corrected chi connectivity index (χ1v) is 8.75. The molecule has 0 amide bonds. The maximum Gasteiger partial charge on any atom is 0.318 e. The van der Waals surface area contributed by atoms with Gasteiger partial charge < -0.3 is 14.0 Å². The molecule has 0 bridgehead atoms. The van der Waals surface area contributed by atoms with Gasteiger partial charge in [0.25, 0.3) is 0 Å². The highest BCUT2D eigenvalue weighted by molar-refractivity contribution is 5.85. The van der Waals surface area contributed by atoms with Gasteiger partial charge in [-0.25, -0.2) is 0 Å². The topological polar surface area (TPSA) is 35.5 Å². The van der Waals surface area contributed by atoms with Crippen molar-refractivity contribution in [1.29, 1.82) is 0 Å². The number of likely N-dealkylation sites (N-methyl/N-ethyl adjacent to an activating group) is 1. The Bertz CT molecular complexity index is 718. The van der Waals surface area contributed by atoms with Crippen LogP contribution in [0.2, 0.25) is 0 Å². The Morgan fingerprint density at radius 3 is 2.04 bits per heavy atom. The second kappa shape index (κ2) is 6.89. The smallest absolute Gasteiger partial charge is 0.318 e. The fourth-order valence-corrected chi connectivity index (χ4v) is 3.26. The standard InChI is InChI=1S/C21H26NO3/c1-5-15(14-22(2,3)4)24-21(23)20-16-10-6-8-12-18(16)25-19-13-9-7-11-17(19)20/h6-13,15,20H,5,14H2,1-4H3/q+1. The molecule has 4 heteroatoms. The molecule has 0 saturated carbocycles. The van der Waals surface area contributed by atoms with E-state index in [1.54, 1.807) is 0 Å². The number of para-hydroxylation sites is 2. The lowest BCUT2D eigenvalue weighted by molar-refractivity contribution is -0.873. The maximum absolute atomic E-state index is 13.1. The highest BCUT2D eigenvalue weighted by Gasteiger charge is 2.35. The minimum Gasteiger partial charge on any atom is -0.457 e. The van der Waals surface area contributed by atoms with Crippen LogP contribution >= 0.6 is 0 Å². The van der Waals surface area contributed by atoms with Gasteiger partial charge in [0.05, 0.1) is 21.1 Å². The average Bonchev–Trinajstić information content (AvgIpc) is 2.57. The molecule has 0 spiro atoms. The van der Waals surface area contributed by atoms with Gasteiger partial charge in [0.15, 0.2) is 6.10 Å². The molecule has 132 valence electrons. The summed E-state index contributed by atoms with van der Waals surface area (Å²) in [5.41, 5.74) is 1.73. The van der Waals surface area contributed by atoms with E-state index in [1.165, 1.54) is 0 Å². The van der Waals surface area contributed by atoms with E-state index in [2.05, 4.69) is 28.1 Å². The normalized spacial score (nSPS) is 14.9. The Kier molecular flexibility index (Phi) is 4.82. The number of rotatable bonds is 5. The second-order valence-corrected chi connectivity index (χ2v) is 7.55. The zero-order valence-electron chi connectivity index (χ0n) is 15.4. The summed E-state index contributed by atoms with van der Waals surface area (Å²) in [4.78, 5) is 13.1. The Balaban J connectivity index is 1.92. The van der Waals surface area contributed by atoms with Gasteiger partial charge in [-0.15, -0.1) is 0 Å². The second-order valence-electron chi connectivity index (χ2n) is 7.55. The Morgan fingerprint density at radius 2 is 1.56 bits per heavy atom. The summed E-state index contributed by atoms with van der Waals surface area (Å²) in [5, 5.41) is 0. The van der Waals surface area contributed by atoms with Gasteiger partial charge in [-0.2, -0.15) is 0 Å². The van der Waals surface area contributed by atoms with Crippen LogP contribution in [-0.2, 0) is 9.53 Å². The van der Waals surface area contributed by atoms with Gasteiger partial charge in [0.1, 0.15) is 24.0 Å². The van der Waals surface area contributed by atoms with E-state index in [9.17, 15) is 4.79 Å². The predicted molar refractivity (Wildman–Crippen MR) is 97.9 cm³/mol. The van der Waals surface area contributed by atoms with Crippen LogP contribution in [0.4, 0.5) is 0 Å². The molecule has 0 aromatic heterocycles. The molecule has 1 aliphatic rings. The molecule has 0 radical (unpaired) electrons. The van der Waals surface area contributed by atoms with Gasteiger partial charge in [-0.05, 0) is 18.6 Å². The third-order valence-corrected chi connectivity index (χ3v) is 4.41. The number of nitrogens with zero attached hydrogens (tertiary/aromatic N) is 1. The third-order valence-electron chi connectivity index (χ3n) is 4.41. The van der Waals surface area contributed by atoms with Crippen molar-refractivity contribution in [2.24, 2.45) is 0 Å². The Hall–Kier alpha value is -2.33. The fraction of sp³-hybridized carbons (Fsp3) is 0.381. The van der Waals surface area contributed by atoms with Crippen molar-refractivity contribution in [3.05, 3.63) is 59.7 Å². The molecular formula is C21H26NO3+. The summed E-state index contributed by atoms with van der Waals surface area (Å²) >= 11 is 0. The molecule has 1 unspecified atom stereocenters. The van der Waals surface area contributed by atoms with Crippen LogP contribution in [0.1, 0.15) is 30.4 Å². The van der Waals surface area contributed by atoms with Crippen LogP contribution in [0.25, 0.3) is 0 Å². The minimum absolute atomic E-state index is 0.102. The molecule has 25 heavy (non-hydrogen) atoms. The molecule has 4 nitrogen and oxygen atoms in total. The quantitative estimate of drug-likeness (QED) is 0.611. The van der Waals surface area contributed by atoms with E-state index >= 15 is 0 Å². The van der Waals surface area contributed by atoms with Crippen LogP contribution in [0.5, 0.6) is 11.5 Å². The molecule has 3 rings (SSSR count). The Labute approximate surface area is 149 Å². The number of quaternary nitrogens is 1. The summed E-state index contributed by atoms with van der Waals surface area (Å²) in [6.07, 6.45) is 0.697. The van der Waals surface area contributed by atoms with Gasteiger partial charge in [0.2, 0.25) is 0 Å². The number of hydrogen-bond donors (Lipinski definition) is 0. The monoisotopic (exact) mass is 340 g/mol. The van der Waals surface area contributed by atoms with E-state index in [0.29, 0.717) is 0 Å². The van der Waals surface area contributed by atoms with Crippen molar-refractivity contribution < 1.29 is 18.8 Å². The predicted octanol–water partition coefficient (Wildman–Crippen LogP) is 3.95. The first-order valence-electron chi connectivity index (χ1n) is 8.75. The van der Waals surface area contributed by atoms with Gasteiger partial charge in [-0.1, -0.05) is 43.3 Å².